The van der Waals surface area contributed by atoms with E-state index in [1.165, 1.54) is 12.8 Å². The van der Waals surface area contributed by atoms with E-state index in [9.17, 15) is 0 Å². The van der Waals surface area contributed by atoms with Crippen LogP contribution in [0.15, 0.2) is 22.6 Å². The zero-order valence-electron chi connectivity index (χ0n) is 13.3. The molecule has 2 aromatic heterocycles. The van der Waals surface area contributed by atoms with Crippen LogP contribution in [0.4, 0.5) is 11.8 Å². The van der Waals surface area contributed by atoms with Gasteiger partial charge in [0.05, 0.1) is 6.61 Å². The maximum absolute atomic E-state index is 5.79. The summed E-state index contributed by atoms with van der Waals surface area (Å²) >= 11 is 0. The molecule has 1 aliphatic carbocycles. The number of anilines is 2. The average molecular weight is 315 g/mol. The minimum Gasteiger partial charge on any atom is -0.478 e. The SMILES string of the molecule is CCOc1cccc(N2CCN(c3nnc(C4CC4)o3)CC2)n1. The van der Waals surface area contributed by atoms with Crippen LogP contribution in [0.2, 0.25) is 0 Å². The Labute approximate surface area is 135 Å². The van der Waals surface area contributed by atoms with Gasteiger partial charge in [-0.25, -0.2) is 0 Å². The molecular weight excluding hydrogens is 294 g/mol. The van der Waals surface area contributed by atoms with Gasteiger partial charge in [0.2, 0.25) is 11.8 Å². The van der Waals surface area contributed by atoms with Crippen LogP contribution in [0, 0.1) is 0 Å². The zero-order chi connectivity index (χ0) is 15.6. The van der Waals surface area contributed by atoms with Crippen LogP contribution >= 0.6 is 0 Å². The Morgan fingerprint density at radius 1 is 1.13 bits per heavy atom. The van der Waals surface area contributed by atoms with Gasteiger partial charge in [0.15, 0.2) is 0 Å². The van der Waals surface area contributed by atoms with Gasteiger partial charge in [-0.2, -0.15) is 4.98 Å². The van der Waals surface area contributed by atoms with Crippen molar-refractivity contribution in [1.29, 1.82) is 0 Å². The molecule has 2 aromatic rings. The second-order valence-electron chi connectivity index (χ2n) is 5.94. The van der Waals surface area contributed by atoms with Crippen LogP contribution in [0.25, 0.3) is 0 Å². The lowest BCUT2D eigenvalue weighted by Crippen LogP contribution is -2.47. The Bertz CT molecular complexity index is 662. The molecule has 1 saturated heterocycles. The van der Waals surface area contributed by atoms with E-state index in [0.29, 0.717) is 24.4 Å². The van der Waals surface area contributed by atoms with Crippen LogP contribution in [-0.4, -0.2) is 48.0 Å². The van der Waals surface area contributed by atoms with Crippen LogP contribution in [0.5, 0.6) is 5.88 Å². The van der Waals surface area contributed by atoms with Crippen LogP contribution < -0.4 is 14.5 Å². The van der Waals surface area contributed by atoms with Gasteiger partial charge in [0.25, 0.3) is 0 Å². The molecule has 0 bridgehead atoms. The first-order chi connectivity index (χ1) is 11.3. The van der Waals surface area contributed by atoms with E-state index in [2.05, 4.69) is 25.0 Å². The minimum atomic E-state index is 0.503. The van der Waals surface area contributed by atoms with E-state index in [1.54, 1.807) is 0 Å². The molecule has 7 heteroatoms. The number of ether oxygens (including phenoxy) is 1. The molecule has 3 heterocycles. The van der Waals surface area contributed by atoms with Crippen molar-refractivity contribution in [1.82, 2.24) is 15.2 Å². The van der Waals surface area contributed by atoms with Crippen LogP contribution in [0.1, 0.15) is 31.6 Å². The minimum absolute atomic E-state index is 0.503. The van der Waals surface area contributed by atoms with Crippen molar-refractivity contribution in [2.24, 2.45) is 0 Å². The monoisotopic (exact) mass is 315 g/mol. The number of pyridine rings is 1. The molecule has 0 aromatic carbocycles. The summed E-state index contributed by atoms with van der Waals surface area (Å²) in [6.07, 6.45) is 2.36. The van der Waals surface area contributed by atoms with Crippen molar-refractivity contribution in [2.45, 2.75) is 25.7 Å². The smallest absolute Gasteiger partial charge is 0.318 e. The topological polar surface area (TPSA) is 67.5 Å². The molecule has 0 unspecified atom stereocenters. The van der Waals surface area contributed by atoms with E-state index >= 15 is 0 Å². The lowest BCUT2D eigenvalue weighted by atomic mass is 10.3. The highest BCUT2D eigenvalue weighted by molar-refractivity contribution is 5.43. The summed E-state index contributed by atoms with van der Waals surface area (Å²) in [7, 11) is 0. The van der Waals surface area contributed by atoms with Gasteiger partial charge < -0.3 is 19.0 Å². The molecular formula is C16H21N5O2. The molecule has 122 valence electrons. The summed E-state index contributed by atoms with van der Waals surface area (Å²) in [4.78, 5) is 8.97. The first kappa shape index (κ1) is 14.3. The van der Waals surface area contributed by atoms with Crippen molar-refractivity contribution in [2.75, 3.05) is 42.6 Å². The molecule has 2 aliphatic rings. The van der Waals surface area contributed by atoms with Crippen molar-refractivity contribution in [3.8, 4) is 5.88 Å². The van der Waals surface area contributed by atoms with Crippen molar-refractivity contribution < 1.29 is 9.15 Å². The van der Waals surface area contributed by atoms with Gasteiger partial charge in [-0.15, -0.1) is 5.10 Å². The number of nitrogens with zero attached hydrogens (tertiary/aromatic N) is 5. The fraction of sp³-hybridized carbons (Fsp3) is 0.562. The Morgan fingerprint density at radius 2 is 1.91 bits per heavy atom. The molecule has 23 heavy (non-hydrogen) atoms. The second-order valence-corrected chi connectivity index (χ2v) is 5.94. The predicted octanol–water partition coefficient (Wildman–Crippen LogP) is 2.07. The van der Waals surface area contributed by atoms with Crippen molar-refractivity contribution >= 4 is 11.8 Å². The predicted molar refractivity (Wildman–Crippen MR) is 86.1 cm³/mol. The third kappa shape index (κ3) is 3.09. The summed E-state index contributed by atoms with van der Waals surface area (Å²) in [6.45, 7) is 6.06. The summed E-state index contributed by atoms with van der Waals surface area (Å²) in [5.74, 6) is 2.94. The van der Waals surface area contributed by atoms with E-state index in [-0.39, 0.29) is 0 Å². The molecule has 1 saturated carbocycles. The third-order valence-electron chi connectivity index (χ3n) is 4.23. The highest BCUT2D eigenvalue weighted by atomic mass is 16.5. The average Bonchev–Trinajstić information content (AvgIpc) is 3.33. The molecule has 0 radical (unpaired) electrons. The van der Waals surface area contributed by atoms with E-state index in [1.807, 2.05) is 25.1 Å². The molecule has 2 fully saturated rings. The van der Waals surface area contributed by atoms with Crippen molar-refractivity contribution in [3.05, 3.63) is 24.1 Å². The molecule has 0 amide bonds. The standard InChI is InChI=1S/C16H21N5O2/c1-2-22-14-5-3-4-13(17-14)20-8-10-21(11-9-20)16-19-18-15(23-16)12-6-7-12/h3-5,12H,2,6-11H2,1H3. The first-order valence-corrected chi connectivity index (χ1v) is 8.26. The van der Waals surface area contributed by atoms with Gasteiger partial charge in [0.1, 0.15) is 5.82 Å². The van der Waals surface area contributed by atoms with Crippen LogP contribution in [-0.2, 0) is 0 Å². The fourth-order valence-corrected chi connectivity index (χ4v) is 2.78. The summed E-state index contributed by atoms with van der Waals surface area (Å²) in [5.41, 5.74) is 0. The highest BCUT2D eigenvalue weighted by Crippen LogP contribution is 2.39. The van der Waals surface area contributed by atoms with E-state index in [0.717, 1.165) is 37.9 Å². The Morgan fingerprint density at radius 3 is 2.65 bits per heavy atom. The largest absolute Gasteiger partial charge is 0.478 e. The van der Waals surface area contributed by atoms with Gasteiger partial charge in [-0.1, -0.05) is 11.2 Å². The van der Waals surface area contributed by atoms with Gasteiger partial charge in [0, 0.05) is 38.2 Å². The van der Waals surface area contributed by atoms with E-state index in [4.69, 9.17) is 9.15 Å². The van der Waals surface area contributed by atoms with Gasteiger partial charge in [-0.3, -0.25) is 0 Å². The number of hydrogen-bond donors (Lipinski definition) is 0. The highest BCUT2D eigenvalue weighted by Gasteiger charge is 2.31. The normalized spacial score (nSPS) is 18.3. The molecule has 0 atom stereocenters. The lowest BCUT2D eigenvalue weighted by molar-refractivity contribution is 0.327. The van der Waals surface area contributed by atoms with Gasteiger partial charge >= 0.3 is 6.01 Å². The number of aromatic nitrogens is 3. The number of hydrogen-bond acceptors (Lipinski definition) is 7. The summed E-state index contributed by atoms with van der Waals surface area (Å²) in [5, 5.41) is 8.35. The Balaban J connectivity index is 1.39. The summed E-state index contributed by atoms with van der Waals surface area (Å²) < 4.78 is 11.3. The molecule has 4 rings (SSSR count). The molecule has 1 aliphatic heterocycles. The second kappa shape index (κ2) is 6.06. The first-order valence-electron chi connectivity index (χ1n) is 8.26. The van der Waals surface area contributed by atoms with Crippen molar-refractivity contribution in [3.63, 3.8) is 0 Å². The lowest BCUT2D eigenvalue weighted by Gasteiger charge is -2.34. The zero-order valence-corrected chi connectivity index (χ0v) is 13.3. The quantitative estimate of drug-likeness (QED) is 0.836. The van der Waals surface area contributed by atoms with Gasteiger partial charge in [-0.05, 0) is 25.8 Å². The van der Waals surface area contributed by atoms with Crippen LogP contribution in [0.3, 0.4) is 0 Å². The number of rotatable bonds is 5. The maximum Gasteiger partial charge on any atom is 0.318 e. The Kier molecular flexibility index (Phi) is 3.77. The number of piperazine rings is 1. The molecule has 7 nitrogen and oxygen atoms in total. The molecule has 0 spiro atoms. The summed E-state index contributed by atoms with van der Waals surface area (Å²) in [6, 6.07) is 6.55. The van der Waals surface area contributed by atoms with E-state index < -0.39 is 0 Å². The Hall–Kier alpha value is -2.31. The third-order valence-corrected chi connectivity index (χ3v) is 4.23. The fourth-order valence-electron chi connectivity index (χ4n) is 2.78. The molecule has 0 N–H and O–H groups in total. The maximum atomic E-state index is 5.79.